The van der Waals surface area contributed by atoms with Gasteiger partial charge in [-0.3, -0.25) is 14.9 Å². The third-order valence-corrected chi connectivity index (χ3v) is 5.53. The summed E-state index contributed by atoms with van der Waals surface area (Å²) < 4.78 is 34.7. The minimum absolute atomic E-state index is 0.0186. The summed E-state index contributed by atoms with van der Waals surface area (Å²) in [6.45, 7) is 1.55. The molecule has 11 nitrogen and oxygen atoms in total. The molecule has 1 aliphatic rings. The van der Waals surface area contributed by atoms with E-state index in [1.54, 1.807) is 6.92 Å². The van der Waals surface area contributed by atoms with Crippen molar-refractivity contribution in [1.29, 1.82) is 0 Å². The number of hydrogen-bond donors (Lipinski definition) is 2. The number of primary amides is 1. The molecule has 0 saturated heterocycles. The molecule has 0 bridgehead atoms. The number of non-ortho nitro benzene ring substituents is 1. The highest BCUT2D eigenvalue weighted by molar-refractivity contribution is 7.89. The number of carbonyl (C=O) groups excluding carboxylic acids is 1. The van der Waals surface area contributed by atoms with Crippen molar-refractivity contribution in [2.75, 3.05) is 0 Å². The van der Waals surface area contributed by atoms with E-state index < -0.39 is 26.5 Å². The van der Waals surface area contributed by atoms with E-state index in [1.807, 2.05) is 0 Å². The van der Waals surface area contributed by atoms with Crippen LogP contribution in [0.3, 0.4) is 0 Å². The number of hydrogen-bond acceptors (Lipinski definition) is 7. The molecule has 1 heterocycles. The van der Waals surface area contributed by atoms with Crippen LogP contribution in [0.2, 0.25) is 0 Å². The van der Waals surface area contributed by atoms with E-state index >= 15 is 0 Å². The quantitative estimate of drug-likeness (QED) is 0.522. The Bertz CT molecular complexity index is 1040. The fourth-order valence-electron chi connectivity index (χ4n) is 2.48. The number of carbonyl (C=O) groups is 1. The number of aryl methyl sites for hydroxylation is 1. The molecule has 0 radical (unpaired) electrons. The van der Waals surface area contributed by atoms with E-state index in [-0.39, 0.29) is 28.3 Å². The summed E-state index contributed by atoms with van der Waals surface area (Å²) in [5, 5.41) is 15.0. The van der Waals surface area contributed by atoms with Crippen molar-refractivity contribution in [1.82, 2.24) is 14.5 Å². The molecule has 1 saturated carbocycles. The lowest BCUT2D eigenvalue weighted by Gasteiger charge is -2.13. The molecule has 1 amide bonds. The number of sulfonamides is 1. The van der Waals surface area contributed by atoms with Crippen LogP contribution < -0.4 is 15.2 Å². The zero-order valence-corrected chi connectivity index (χ0v) is 15.3. The Labute approximate surface area is 154 Å². The SMILES string of the molecule is Cc1c(C(N)=O)nn(C)c1Oc1ccc([N+](=O)[O-])cc1S(=O)(=O)NC1CC1. The highest BCUT2D eigenvalue weighted by Gasteiger charge is 2.32. The molecule has 1 fully saturated rings. The van der Waals surface area contributed by atoms with E-state index in [9.17, 15) is 23.3 Å². The number of rotatable bonds is 7. The Kier molecular flexibility index (Phi) is 4.61. The lowest BCUT2D eigenvalue weighted by atomic mass is 10.2. The summed E-state index contributed by atoms with van der Waals surface area (Å²) in [6.07, 6.45) is 1.40. The van der Waals surface area contributed by atoms with Crippen LogP contribution >= 0.6 is 0 Å². The second-order valence-corrected chi connectivity index (χ2v) is 7.83. The molecule has 3 N–H and O–H groups in total. The first-order valence-electron chi connectivity index (χ1n) is 7.92. The van der Waals surface area contributed by atoms with Crippen LogP contribution in [0.4, 0.5) is 5.69 Å². The van der Waals surface area contributed by atoms with Crippen LogP contribution in [0.5, 0.6) is 11.6 Å². The van der Waals surface area contributed by atoms with Gasteiger partial charge in [0, 0.05) is 30.8 Å². The van der Waals surface area contributed by atoms with Crippen LogP contribution in [-0.4, -0.2) is 35.1 Å². The Morgan fingerprint density at radius 1 is 1.44 bits per heavy atom. The van der Waals surface area contributed by atoms with Crippen LogP contribution in [0, 0.1) is 17.0 Å². The molecular weight excluding hydrogens is 378 g/mol. The van der Waals surface area contributed by atoms with Crippen molar-refractivity contribution in [2.45, 2.75) is 30.7 Å². The minimum Gasteiger partial charge on any atom is -0.438 e. The highest BCUT2D eigenvalue weighted by atomic mass is 32.2. The molecule has 2 aromatic rings. The van der Waals surface area contributed by atoms with Gasteiger partial charge in [-0.15, -0.1) is 0 Å². The van der Waals surface area contributed by atoms with Gasteiger partial charge in [0.25, 0.3) is 11.6 Å². The van der Waals surface area contributed by atoms with E-state index in [4.69, 9.17) is 10.5 Å². The topological polar surface area (TPSA) is 159 Å². The molecule has 0 atom stereocenters. The first-order valence-corrected chi connectivity index (χ1v) is 9.40. The average molecular weight is 395 g/mol. The number of ether oxygens (including phenoxy) is 1. The van der Waals surface area contributed by atoms with Crippen molar-refractivity contribution in [3.05, 3.63) is 39.6 Å². The molecule has 144 valence electrons. The second-order valence-electron chi connectivity index (χ2n) is 6.15. The Hall–Kier alpha value is -2.99. The smallest absolute Gasteiger partial charge is 0.271 e. The molecule has 12 heteroatoms. The predicted octanol–water partition coefficient (Wildman–Crippen LogP) is 0.969. The molecule has 1 aromatic carbocycles. The van der Waals surface area contributed by atoms with Crippen LogP contribution in [0.1, 0.15) is 28.9 Å². The lowest BCUT2D eigenvalue weighted by Crippen LogP contribution is -2.26. The average Bonchev–Trinajstić information content (AvgIpc) is 3.34. The standard InChI is InChI=1S/C15H17N5O6S/c1-8-13(14(16)21)17-19(2)15(8)26-11-6-5-10(20(22)23)7-12(11)27(24,25)18-9-3-4-9/h5-7,9,18H,3-4H2,1-2H3,(H2,16,21). The van der Waals surface area contributed by atoms with Gasteiger partial charge >= 0.3 is 0 Å². The second kappa shape index (κ2) is 6.63. The summed E-state index contributed by atoms with van der Waals surface area (Å²) in [5.74, 6) is -0.790. The van der Waals surface area contributed by atoms with Crippen molar-refractivity contribution in [2.24, 2.45) is 12.8 Å². The number of nitrogens with zero attached hydrogens (tertiary/aromatic N) is 3. The van der Waals surface area contributed by atoms with Crippen molar-refractivity contribution >= 4 is 21.6 Å². The largest absolute Gasteiger partial charge is 0.438 e. The van der Waals surface area contributed by atoms with Crippen molar-refractivity contribution in [3.8, 4) is 11.6 Å². The molecule has 0 spiro atoms. The molecule has 27 heavy (non-hydrogen) atoms. The molecule has 0 aliphatic heterocycles. The predicted molar refractivity (Wildman–Crippen MR) is 93.0 cm³/mol. The monoisotopic (exact) mass is 395 g/mol. The Balaban J connectivity index is 2.08. The molecular formula is C15H17N5O6S. The van der Waals surface area contributed by atoms with Crippen LogP contribution in [0.15, 0.2) is 23.1 Å². The lowest BCUT2D eigenvalue weighted by molar-refractivity contribution is -0.385. The highest BCUT2D eigenvalue weighted by Crippen LogP contribution is 2.35. The van der Waals surface area contributed by atoms with Gasteiger partial charge in [-0.25, -0.2) is 17.8 Å². The van der Waals surface area contributed by atoms with Crippen LogP contribution in [0.25, 0.3) is 0 Å². The van der Waals surface area contributed by atoms with E-state index in [2.05, 4.69) is 9.82 Å². The summed E-state index contributed by atoms with van der Waals surface area (Å²) >= 11 is 0. The van der Waals surface area contributed by atoms with Crippen LogP contribution in [-0.2, 0) is 17.1 Å². The zero-order chi connectivity index (χ0) is 19.9. The maximum atomic E-state index is 12.6. The third kappa shape index (κ3) is 3.75. The van der Waals surface area contributed by atoms with Gasteiger partial charge < -0.3 is 10.5 Å². The third-order valence-electron chi connectivity index (χ3n) is 3.99. The van der Waals surface area contributed by atoms with E-state index in [0.717, 1.165) is 12.1 Å². The van der Waals surface area contributed by atoms with Crippen molar-refractivity contribution < 1.29 is 22.9 Å². The summed E-state index contributed by atoms with van der Waals surface area (Å²) in [5.41, 5.74) is 5.17. The number of nitro benzene ring substituents is 1. The van der Waals surface area contributed by atoms with Gasteiger partial charge in [-0.05, 0) is 25.8 Å². The van der Waals surface area contributed by atoms with Gasteiger partial charge in [0.1, 0.15) is 10.6 Å². The maximum Gasteiger partial charge on any atom is 0.271 e. The van der Waals surface area contributed by atoms with E-state index in [0.29, 0.717) is 18.4 Å². The zero-order valence-electron chi connectivity index (χ0n) is 14.5. The molecule has 0 unspecified atom stereocenters. The summed E-state index contributed by atoms with van der Waals surface area (Å²) in [7, 11) is -2.54. The minimum atomic E-state index is -4.04. The van der Waals surface area contributed by atoms with E-state index in [1.165, 1.54) is 17.8 Å². The molecule has 1 aromatic heterocycles. The van der Waals surface area contributed by atoms with Gasteiger partial charge in [-0.1, -0.05) is 0 Å². The number of nitro groups is 1. The number of amides is 1. The molecule has 3 rings (SSSR count). The fourth-order valence-corrected chi connectivity index (χ4v) is 3.94. The number of nitrogens with one attached hydrogen (secondary N) is 1. The maximum absolute atomic E-state index is 12.6. The number of nitrogens with two attached hydrogens (primary N) is 1. The number of benzene rings is 1. The van der Waals surface area contributed by atoms with Gasteiger partial charge in [0.2, 0.25) is 15.9 Å². The molecule has 1 aliphatic carbocycles. The normalized spacial score (nSPS) is 14.1. The first-order chi connectivity index (χ1) is 12.6. The van der Waals surface area contributed by atoms with Gasteiger partial charge in [0.05, 0.1) is 4.92 Å². The fraction of sp³-hybridized carbons (Fsp3) is 0.333. The summed E-state index contributed by atoms with van der Waals surface area (Å²) in [6, 6.07) is 3.06. The Morgan fingerprint density at radius 3 is 2.63 bits per heavy atom. The Morgan fingerprint density at radius 2 is 2.11 bits per heavy atom. The number of aromatic nitrogens is 2. The van der Waals surface area contributed by atoms with Gasteiger partial charge in [0.15, 0.2) is 5.69 Å². The van der Waals surface area contributed by atoms with Crippen molar-refractivity contribution in [3.63, 3.8) is 0 Å². The first kappa shape index (κ1) is 18.8. The summed E-state index contributed by atoms with van der Waals surface area (Å²) in [4.78, 5) is 21.4. The van der Waals surface area contributed by atoms with Gasteiger partial charge in [-0.2, -0.15) is 5.10 Å².